The lowest BCUT2D eigenvalue weighted by atomic mass is 10.4. The molecule has 1 N–H and O–H groups in total. The summed E-state index contributed by atoms with van der Waals surface area (Å²) in [6, 6.07) is 8.50. The number of hydrogen-bond donors (Lipinski definition) is 1. The third-order valence-corrected chi connectivity index (χ3v) is 3.51. The van der Waals surface area contributed by atoms with Crippen molar-refractivity contribution in [1.29, 1.82) is 0 Å². The highest BCUT2D eigenvalue weighted by Crippen LogP contribution is 2.10. The molecular formula is C10H11NS2. The Morgan fingerprint density at radius 1 is 0.923 bits per heavy atom. The maximum atomic E-state index is 3.41. The van der Waals surface area contributed by atoms with Gasteiger partial charge >= 0.3 is 0 Å². The fourth-order valence-electron chi connectivity index (χ4n) is 1.14. The molecule has 0 saturated carbocycles. The van der Waals surface area contributed by atoms with E-state index in [9.17, 15) is 0 Å². The Kier molecular flexibility index (Phi) is 3.13. The van der Waals surface area contributed by atoms with Gasteiger partial charge in [0.1, 0.15) is 0 Å². The molecule has 3 heteroatoms. The van der Waals surface area contributed by atoms with Gasteiger partial charge in [0.15, 0.2) is 0 Å². The first-order chi connectivity index (χ1) is 6.45. The lowest BCUT2D eigenvalue weighted by molar-refractivity contribution is 0.709. The van der Waals surface area contributed by atoms with Crippen LogP contribution in [0.4, 0.5) is 0 Å². The molecule has 2 aromatic heterocycles. The molecule has 2 aromatic rings. The quantitative estimate of drug-likeness (QED) is 0.816. The minimum Gasteiger partial charge on any atom is -0.307 e. The van der Waals surface area contributed by atoms with Crippen molar-refractivity contribution in [3.05, 3.63) is 44.8 Å². The SMILES string of the molecule is c1csc(CNCc2cccs2)c1. The third-order valence-electron chi connectivity index (χ3n) is 1.76. The summed E-state index contributed by atoms with van der Waals surface area (Å²) >= 11 is 3.60. The molecule has 0 unspecified atom stereocenters. The molecule has 0 aliphatic carbocycles. The largest absolute Gasteiger partial charge is 0.307 e. The fraction of sp³-hybridized carbons (Fsp3) is 0.200. The van der Waals surface area contributed by atoms with Crippen molar-refractivity contribution in [3.8, 4) is 0 Å². The molecule has 0 aromatic carbocycles. The van der Waals surface area contributed by atoms with Crippen molar-refractivity contribution in [2.45, 2.75) is 13.1 Å². The standard InChI is InChI=1S/C10H11NS2/c1-3-9(12-5-1)7-11-8-10-4-2-6-13-10/h1-6,11H,7-8H2. The molecule has 0 saturated heterocycles. The molecule has 0 aliphatic rings. The lowest BCUT2D eigenvalue weighted by Gasteiger charge is -1.99. The molecule has 68 valence electrons. The first-order valence-corrected chi connectivity index (χ1v) is 5.96. The Hall–Kier alpha value is -0.640. The van der Waals surface area contributed by atoms with Gasteiger partial charge in [-0.15, -0.1) is 22.7 Å². The summed E-state index contributed by atoms with van der Waals surface area (Å²) in [6.07, 6.45) is 0. The van der Waals surface area contributed by atoms with Gasteiger partial charge in [0, 0.05) is 22.8 Å². The van der Waals surface area contributed by atoms with E-state index in [-0.39, 0.29) is 0 Å². The molecule has 2 heterocycles. The van der Waals surface area contributed by atoms with Gasteiger partial charge in [0.25, 0.3) is 0 Å². The van der Waals surface area contributed by atoms with Gasteiger partial charge in [-0.2, -0.15) is 0 Å². The Labute approximate surface area is 86.0 Å². The summed E-state index contributed by atoms with van der Waals surface area (Å²) in [5, 5.41) is 7.64. The smallest absolute Gasteiger partial charge is 0.0303 e. The Morgan fingerprint density at radius 3 is 1.85 bits per heavy atom. The summed E-state index contributed by atoms with van der Waals surface area (Å²) < 4.78 is 0. The monoisotopic (exact) mass is 209 g/mol. The van der Waals surface area contributed by atoms with Crippen LogP contribution in [0.2, 0.25) is 0 Å². The Balaban J connectivity index is 1.76. The van der Waals surface area contributed by atoms with Crippen LogP contribution in [0.25, 0.3) is 0 Å². The van der Waals surface area contributed by atoms with E-state index in [2.05, 4.69) is 40.3 Å². The molecule has 0 aliphatic heterocycles. The second kappa shape index (κ2) is 4.56. The van der Waals surface area contributed by atoms with Crippen molar-refractivity contribution in [1.82, 2.24) is 5.32 Å². The molecule has 0 atom stereocenters. The summed E-state index contributed by atoms with van der Waals surface area (Å²) in [5.41, 5.74) is 0. The molecule has 2 rings (SSSR count). The topological polar surface area (TPSA) is 12.0 Å². The van der Waals surface area contributed by atoms with Crippen LogP contribution in [0.5, 0.6) is 0 Å². The van der Waals surface area contributed by atoms with Gasteiger partial charge in [0.05, 0.1) is 0 Å². The zero-order valence-electron chi connectivity index (χ0n) is 7.19. The van der Waals surface area contributed by atoms with E-state index < -0.39 is 0 Å². The molecule has 13 heavy (non-hydrogen) atoms. The highest BCUT2D eigenvalue weighted by Gasteiger charge is 1.94. The number of nitrogens with one attached hydrogen (secondary N) is 1. The summed E-state index contributed by atoms with van der Waals surface area (Å²) in [5.74, 6) is 0. The van der Waals surface area contributed by atoms with E-state index in [1.54, 1.807) is 22.7 Å². The number of thiophene rings is 2. The van der Waals surface area contributed by atoms with E-state index in [0.29, 0.717) is 0 Å². The zero-order chi connectivity index (χ0) is 8.93. The molecule has 0 spiro atoms. The molecule has 0 bridgehead atoms. The van der Waals surface area contributed by atoms with E-state index >= 15 is 0 Å². The van der Waals surface area contributed by atoms with Crippen LogP contribution in [0.15, 0.2) is 35.0 Å². The van der Waals surface area contributed by atoms with Crippen molar-refractivity contribution in [2.24, 2.45) is 0 Å². The lowest BCUT2D eigenvalue weighted by Crippen LogP contribution is -2.10. The van der Waals surface area contributed by atoms with Gasteiger partial charge in [-0.05, 0) is 22.9 Å². The third kappa shape index (κ3) is 2.66. The fourth-order valence-corrected chi connectivity index (χ4v) is 2.48. The van der Waals surface area contributed by atoms with Gasteiger partial charge < -0.3 is 5.32 Å². The summed E-state index contributed by atoms with van der Waals surface area (Å²) in [7, 11) is 0. The summed E-state index contributed by atoms with van der Waals surface area (Å²) in [4.78, 5) is 2.80. The van der Waals surface area contributed by atoms with Crippen molar-refractivity contribution < 1.29 is 0 Å². The van der Waals surface area contributed by atoms with E-state index in [0.717, 1.165) is 13.1 Å². The zero-order valence-corrected chi connectivity index (χ0v) is 8.83. The second-order valence-corrected chi connectivity index (χ2v) is 4.83. The van der Waals surface area contributed by atoms with Gasteiger partial charge in [0.2, 0.25) is 0 Å². The highest BCUT2D eigenvalue weighted by molar-refractivity contribution is 7.10. The van der Waals surface area contributed by atoms with E-state index in [1.165, 1.54) is 9.75 Å². The average molecular weight is 209 g/mol. The predicted octanol–water partition coefficient (Wildman–Crippen LogP) is 3.10. The highest BCUT2D eigenvalue weighted by atomic mass is 32.1. The number of hydrogen-bond acceptors (Lipinski definition) is 3. The van der Waals surface area contributed by atoms with Crippen LogP contribution in [-0.4, -0.2) is 0 Å². The van der Waals surface area contributed by atoms with Crippen LogP contribution in [0, 0.1) is 0 Å². The van der Waals surface area contributed by atoms with E-state index in [4.69, 9.17) is 0 Å². The number of rotatable bonds is 4. The van der Waals surface area contributed by atoms with Crippen LogP contribution in [0.1, 0.15) is 9.75 Å². The predicted molar refractivity (Wildman–Crippen MR) is 59.2 cm³/mol. The van der Waals surface area contributed by atoms with Crippen LogP contribution >= 0.6 is 22.7 Å². The van der Waals surface area contributed by atoms with Gasteiger partial charge in [-0.3, -0.25) is 0 Å². The maximum Gasteiger partial charge on any atom is 0.0303 e. The van der Waals surface area contributed by atoms with Gasteiger partial charge in [-0.1, -0.05) is 12.1 Å². The van der Waals surface area contributed by atoms with Crippen LogP contribution in [-0.2, 0) is 13.1 Å². The van der Waals surface area contributed by atoms with Crippen LogP contribution < -0.4 is 5.32 Å². The van der Waals surface area contributed by atoms with Crippen molar-refractivity contribution in [2.75, 3.05) is 0 Å². The minimum atomic E-state index is 0.982. The minimum absolute atomic E-state index is 0.982. The Bertz CT molecular complexity index is 289. The first-order valence-electron chi connectivity index (χ1n) is 4.20. The molecular weight excluding hydrogens is 198 g/mol. The maximum absolute atomic E-state index is 3.41. The molecule has 1 nitrogen and oxygen atoms in total. The summed E-state index contributed by atoms with van der Waals surface area (Å²) in [6.45, 7) is 1.96. The molecule has 0 radical (unpaired) electrons. The van der Waals surface area contributed by atoms with Crippen LogP contribution in [0.3, 0.4) is 0 Å². The second-order valence-electron chi connectivity index (χ2n) is 2.76. The Morgan fingerprint density at radius 2 is 1.46 bits per heavy atom. The molecule has 0 amide bonds. The molecule has 0 fully saturated rings. The van der Waals surface area contributed by atoms with Crippen molar-refractivity contribution >= 4 is 22.7 Å². The van der Waals surface area contributed by atoms with Crippen molar-refractivity contribution in [3.63, 3.8) is 0 Å². The average Bonchev–Trinajstić information content (AvgIpc) is 2.75. The first kappa shape index (κ1) is 8.94. The van der Waals surface area contributed by atoms with E-state index in [1.807, 2.05) is 0 Å². The van der Waals surface area contributed by atoms with Gasteiger partial charge in [-0.25, -0.2) is 0 Å². The normalized spacial score (nSPS) is 10.5.